The van der Waals surface area contributed by atoms with E-state index in [0.29, 0.717) is 11.8 Å². The van der Waals surface area contributed by atoms with Gasteiger partial charge in [0.05, 0.1) is 5.41 Å². The number of rotatable bonds is 5. The van der Waals surface area contributed by atoms with Gasteiger partial charge in [-0.05, 0) is 70.6 Å². The Balaban J connectivity index is 1.60. The number of nitrogens with one attached hydrogen (secondary N) is 1. The Kier molecular flexibility index (Phi) is 4.19. The van der Waals surface area contributed by atoms with Crippen molar-refractivity contribution in [1.82, 2.24) is 5.32 Å². The molecule has 1 amide bonds. The van der Waals surface area contributed by atoms with E-state index in [1.54, 1.807) is 0 Å². The summed E-state index contributed by atoms with van der Waals surface area (Å²) in [4.78, 5) is 24.5. The summed E-state index contributed by atoms with van der Waals surface area (Å²) in [5.74, 6) is 0.667. The minimum absolute atomic E-state index is 0.186. The number of amides is 1. The molecule has 1 N–H and O–H groups in total. The Morgan fingerprint density at radius 3 is 2.35 bits per heavy atom. The molecule has 0 spiro atoms. The lowest BCUT2D eigenvalue weighted by atomic mass is 9.49. The molecule has 0 heterocycles. The highest BCUT2D eigenvalue weighted by atomic mass is 35.5. The number of hydrogen-bond donors (Lipinski definition) is 1. The standard InChI is InChI=1S/C18H28ClNO3/c1-4-16(2,3)20-14(21)10-23-15(22)17-6-12-5-13(7-17)9-18(19,8-12)11-17/h12-13H,4-11H2,1-3H3,(H,20,21)/t12-,13-,17?,18?/m0/s1. The SMILES string of the molecule is CCC(C)(C)NC(=O)COC(=O)C12C[C@@H]3C[C@H](CC(Cl)(C3)C1)C2. The van der Waals surface area contributed by atoms with Crippen molar-refractivity contribution in [3.8, 4) is 0 Å². The van der Waals surface area contributed by atoms with E-state index >= 15 is 0 Å². The molecular weight excluding hydrogens is 314 g/mol. The fourth-order valence-corrected chi connectivity index (χ4v) is 5.87. The van der Waals surface area contributed by atoms with Gasteiger partial charge in [-0.3, -0.25) is 9.59 Å². The van der Waals surface area contributed by atoms with Gasteiger partial charge in [-0.15, -0.1) is 11.6 Å². The van der Waals surface area contributed by atoms with Crippen molar-refractivity contribution in [3.63, 3.8) is 0 Å². The smallest absolute Gasteiger partial charge is 0.312 e. The van der Waals surface area contributed by atoms with Crippen molar-refractivity contribution in [3.05, 3.63) is 0 Å². The first kappa shape index (κ1) is 17.1. The van der Waals surface area contributed by atoms with Crippen molar-refractivity contribution in [1.29, 1.82) is 0 Å². The van der Waals surface area contributed by atoms with E-state index < -0.39 is 5.41 Å². The predicted octanol–water partition coefficient (Wildman–Crippen LogP) is 3.41. The number of alkyl halides is 1. The van der Waals surface area contributed by atoms with Gasteiger partial charge in [-0.25, -0.2) is 0 Å². The first-order valence-corrected chi connectivity index (χ1v) is 9.20. The van der Waals surface area contributed by atoms with Crippen LogP contribution in [0, 0.1) is 17.3 Å². The summed E-state index contributed by atoms with van der Waals surface area (Å²) in [5.41, 5.74) is -0.712. The maximum absolute atomic E-state index is 12.7. The molecule has 4 bridgehead atoms. The predicted molar refractivity (Wildman–Crippen MR) is 89.2 cm³/mol. The van der Waals surface area contributed by atoms with Gasteiger partial charge in [-0.2, -0.15) is 0 Å². The Morgan fingerprint density at radius 1 is 1.22 bits per heavy atom. The van der Waals surface area contributed by atoms with E-state index in [9.17, 15) is 9.59 Å². The van der Waals surface area contributed by atoms with Crippen LogP contribution in [0.25, 0.3) is 0 Å². The Morgan fingerprint density at radius 2 is 1.83 bits per heavy atom. The molecule has 0 aromatic rings. The molecule has 4 saturated carbocycles. The molecule has 0 aromatic heterocycles. The zero-order valence-corrected chi connectivity index (χ0v) is 15.2. The van der Waals surface area contributed by atoms with Gasteiger partial charge >= 0.3 is 5.97 Å². The summed E-state index contributed by atoms with van der Waals surface area (Å²) in [5, 5.41) is 2.90. The minimum Gasteiger partial charge on any atom is -0.455 e. The van der Waals surface area contributed by atoms with E-state index in [1.165, 1.54) is 6.42 Å². The molecule has 0 unspecified atom stereocenters. The third kappa shape index (κ3) is 3.38. The Labute approximate surface area is 143 Å². The van der Waals surface area contributed by atoms with Gasteiger partial charge in [0.25, 0.3) is 5.91 Å². The van der Waals surface area contributed by atoms with Gasteiger partial charge in [0.1, 0.15) is 0 Å². The van der Waals surface area contributed by atoms with Crippen molar-refractivity contribution in [2.45, 2.75) is 76.1 Å². The topological polar surface area (TPSA) is 55.4 Å². The number of carbonyl (C=O) groups is 2. The molecule has 4 rings (SSSR count). The number of ether oxygens (including phenoxy) is 1. The van der Waals surface area contributed by atoms with Crippen LogP contribution >= 0.6 is 11.6 Å². The van der Waals surface area contributed by atoms with E-state index in [0.717, 1.165) is 38.5 Å². The van der Waals surface area contributed by atoms with Crippen LogP contribution in [-0.4, -0.2) is 28.9 Å². The van der Waals surface area contributed by atoms with Crippen molar-refractivity contribution in [2.75, 3.05) is 6.61 Å². The molecule has 130 valence electrons. The lowest BCUT2D eigenvalue weighted by Gasteiger charge is -2.58. The fraction of sp³-hybridized carbons (Fsp3) is 0.889. The zero-order valence-electron chi connectivity index (χ0n) is 14.4. The fourth-order valence-electron chi connectivity index (χ4n) is 5.18. The second kappa shape index (κ2) is 5.65. The first-order valence-electron chi connectivity index (χ1n) is 8.83. The molecule has 4 fully saturated rings. The third-order valence-corrected chi connectivity index (χ3v) is 6.56. The lowest BCUT2D eigenvalue weighted by molar-refractivity contribution is -0.172. The van der Waals surface area contributed by atoms with Gasteiger partial charge in [0.2, 0.25) is 0 Å². The Hall–Kier alpha value is -0.770. The molecule has 2 atom stereocenters. The van der Waals surface area contributed by atoms with Crippen LogP contribution in [0.2, 0.25) is 0 Å². The van der Waals surface area contributed by atoms with E-state index in [4.69, 9.17) is 16.3 Å². The normalized spacial score (nSPS) is 38.4. The first-order chi connectivity index (χ1) is 10.7. The average Bonchev–Trinajstić information content (AvgIpc) is 2.41. The van der Waals surface area contributed by atoms with E-state index in [1.807, 2.05) is 20.8 Å². The molecule has 0 saturated heterocycles. The molecular formula is C18H28ClNO3. The van der Waals surface area contributed by atoms with E-state index in [-0.39, 0.29) is 28.9 Å². The van der Waals surface area contributed by atoms with Crippen LogP contribution in [0.4, 0.5) is 0 Å². The Bertz CT molecular complexity index is 502. The summed E-state index contributed by atoms with van der Waals surface area (Å²) in [6.45, 7) is 5.75. The number of hydrogen-bond acceptors (Lipinski definition) is 3. The molecule has 4 nitrogen and oxygen atoms in total. The second-order valence-electron chi connectivity index (χ2n) is 8.75. The van der Waals surface area contributed by atoms with Crippen LogP contribution in [0.5, 0.6) is 0 Å². The van der Waals surface area contributed by atoms with Crippen LogP contribution in [0.15, 0.2) is 0 Å². The van der Waals surface area contributed by atoms with Gasteiger partial charge < -0.3 is 10.1 Å². The minimum atomic E-state index is -0.438. The molecule has 0 aromatic carbocycles. The highest BCUT2D eigenvalue weighted by molar-refractivity contribution is 6.24. The van der Waals surface area contributed by atoms with Crippen LogP contribution < -0.4 is 5.32 Å². The number of halogens is 1. The largest absolute Gasteiger partial charge is 0.455 e. The molecule has 0 radical (unpaired) electrons. The summed E-state index contributed by atoms with van der Waals surface area (Å²) in [7, 11) is 0. The van der Waals surface area contributed by atoms with Crippen LogP contribution in [0.1, 0.15) is 65.7 Å². The summed E-state index contributed by atoms with van der Waals surface area (Å²) in [6, 6.07) is 0. The van der Waals surface area contributed by atoms with Crippen molar-refractivity contribution in [2.24, 2.45) is 17.3 Å². The molecule has 4 aliphatic carbocycles. The molecule has 0 aliphatic heterocycles. The third-order valence-electron chi connectivity index (χ3n) is 6.12. The van der Waals surface area contributed by atoms with Gasteiger partial charge in [0.15, 0.2) is 6.61 Å². The molecule has 4 aliphatic rings. The lowest BCUT2D eigenvalue weighted by Crippen LogP contribution is -2.56. The van der Waals surface area contributed by atoms with E-state index in [2.05, 4.69) is 5.32 Å². The van der Waals surface area contributed by atoms with Crippen LogP contribution in [-0.2, 0) is 14.3 Å². The monoisotopic (exact) mass is 341 g/mol. The number of carbonyl (C=O) groups excluding carboxylic acids is 2. The zero-order chi connectivity index (χ0) is 16.9. The summed E-state index contributed by atoms with van der Waals surface area (Å²) < 4.78 is 5.41. The number of esters is 1. The van der Waals surface area contributed by atoms with Crippen LogP contribution in [0.3, 0.4) is 0 Å². The highest BCUT2D eigenvalue weighted by Gasteiger charge is 2.60. The van der Waals surface area contributed by atoms with Gasteiger partial charge in [-0.1, -0.05) is 6.92 Å². The summed E-state index contributed by atoms with van der Waals surface area (Å²) >= 11 is 6.75. The summed E-state index contributed by atoms with van der Waals surface area (Å²) in [6.07, 6.45) is 6.59. The maximum atomic E-state index is 12.7. The van der Waals surface area contributed by atoms with Crippen molar-refractivity contribution < 1.29 is 14.3 Å². The van der Waals surface area contributed by atoms with Crippen molar-refractivity contribution >= 4 is 23.5 Å². The molecule has 23 heavy (non-hydrogen) atoms. The average molecular weight is 342 g/mol. The quantitative estimate of drug-likeness (QED) is 0.616. The molecule has 5 heteroatoms. The second-order valence-corrected chi connectivity index (χ2v) is 9.56. The highest BCUT2D eigenvalue weighted by Crippen LogP contribution is 2.64. The maximum Gasteiger partial charge on any atom is 0.312 e. The van der Waals surface area contributed by atoms with Gasteiger partial charge in [0, 0.05) is 10.4 Å².